The van der Waals surface area contributed by atoms with Crippen LogP contribution in [-0.4, -0.2) is 5.11 Å². The predicted molar refractivity (Wildman–Crippen MR) is 75.8 cm³/mol. The molecule has 0 aliphatic rings. The Labute approximate surface area is 119 Å². The van der Waals surface area contributed by atoms with Gasteiger partial charge >= 0.3 is 0 Å². The van der Waals surface area contributed by atoms with Crippen molar-refractivity contribution in [2.75, 3.05) is 0 Å². The molecule has 0 aromatic heterocycles. The van der Waals surface area contributed by atoms with E-state index in [0.29, 0.717) is 17.4 Å². The zero-order valence-electron chi connectivity index (χ0n) is 9.57. The number of halogens is 2. The average Bonchev–Trinajstić information content (AvgIpc) is 2.37. The van der Waals surface area contributed by atoms with Crippen molar-refractivity contribution in [2.24, 2.45) is 0 Å². The Morgan fingerprint density at radius 3 is 2.72 bits per heavy atom. The summed E-state index contributed by atoms with van der Waals surface area (Å²) in [6.07, 6.45) is 0. The summed E-state index contributed by atoms with van der Waals surface area (Å²) in [5, 5.41) is 9.95. The molecule has 0 unspecified atom stereocenters. The number of aliphatic hydroxyl groups excluding tert-OH is 1. The number of aliphatic hydroxyl groups is 1. The third-order valence-corrected chi connectivity index (χ3v) is 3.20. The molecule has 94 valence electrons. The highest BCUT2D eigenvalue weighted by atomic mass is 79.9. The molecule has 2 nitrogen and oxygen atoms in total. The Bertz CT molecular complexity index is 543. The summed E-state index contributed by atoms with van der Waals surface area (Å²) in [5.74, 6) is 0.681. The quantitative estimate of drug-likeness (QED) is 0.913. The van der Waals surface area contributed by atoms with Gasteiger partial charge in [-0.25, -0.2) is 0 Å². The van der Waals surface area contributed by atoms with Crippen LogP contribution in [0.1, 0.15) is 11.1 Å². The molecular formula is C14H12BrClO2. The van der Waals surface area contributed by atoms with Crippen LogP contribution in [0, 0.1) is 0 Å². The van der Waals surface area contributed by atoms with Crippen LogP contribution in [-0.2, 0) is 13.2 Å². The molecule has 18 heavy (non-hydrogen) atoms. The lowest BCUT2D eigenvalue weighted by molar-refractivity contribution is 0.259. The van der Waals surface area contributed by atoms with Crippen LogP contribution in [0.5, 0.6) is 5.75 Å². The Morgan fingerprint density at radius 2 is 2.00 bits per heavy atom. The summed E-state index contributed by atoms with van der Waals surface area (Å²) < 4.78 is 6.60. The van der Waals surface area contributed by atoms with Gasteiger partial charge in [0, 0.05) is 15.1 Å². The van der Waals surface area contributed by atoms with Crippen LogP contribution in [0.2, 0.25) is 5.02 Å². The first kappa shape index (κ1) is 13.4. The average molecular weight is 328 g/mol. The van der Waals surface area contributed by atoms with Crippen molar-refractivity contribution in [3.63, 3.8) is 0 Å². The molecule has 0 radical (unpaired) electrons. The SMILES string of the molecule is OCc1cc(Br)ccc1OCc1cccc(Cl)c1. The van der Waals surface area contributed by atoms with Crippen molar-refractivity contribution in [3.05, 3.63) is 63.1 Å². The standard InChI is InChI=1S/C14H12BrClO2/c15-12-4-5-14(11(7-12)8-17)18-9-10-2-1-3-13(16)6-10/h1-7,17H,8-9H2. The van der Waals surface area contributed by atoms with Gasteiger partial charge in [-0.1, -0.05) is 39.7 Å². The maximum absolute atomic E-state index is 9.26. The summed E-state index contributed by atoms with van der Waals surface area (Å²) in [6.45, 7) is 0.375. The first-order chi connectivity index (χ1) is 8.69. The number of ether oxygens (including phenoxy) is 1. The van der Waals surface area contributed by atoms with Gasteiger partial charge < -0.3 is 9.84 Å². The molecule has 0 saturated heterocycles. The fourth-order valence-corrected chi connectivity index (χ4v) is 2.22. The van der Waals surface area contributed by atoms with Gasteiger partial charge in [-0.05, 0) is 35.9 Å². The molecule has 0 bridgehead atoms. The van der Waals surface area contributed by atoms with E-state index in [2.05, 4.69) is 15.9 Å². The number of hydrogen-bond acceptors (Lipinski definition) is 2. The van der Waals surface area contributed by atoms with E-state index < -0.39 is 0 Å². The molecule has 0 heterocycles. The Kier molecular flexibility index (Phi) is 4.64. The lowest BCUT2D eigenvalue weighted by Gasteiger charge is -2.10. The van der Waals surface area contributed by atoms with Gasteiger partial charge in [0.15, 0.2) is 0 Å². The molecular weight excluding hydrogens is 316 g/mol. The number of hydrogen-bond donors (Lipinski definition) is 1. The van der Waals surface area contributed by atoms with Gasteiger partial charge in [-0.3, -0.25) is 0 Å². The van der Waals surface area contributed by atoms with Crippen LogP contribution in [0.4, 0.5) is 0 Å². The summed E-state index contributed by atoms with van der Waals surface area (Å²) in [7, 11) is 0. The van der Waals surface area contributed by atoms with Crippen molar-refractivity contribution in [1.29, 1.82) is 0 Å². The van der Waals surface area contributed by atoms with E-state index in [1.54, 1.807) is 0 Å². The van der Waals surface area contributed by atoms with Crippen LogP contribution in [0.15, 0.2) is 46.9 Å². The van der Waals surface area contributed by atoms with E-state index in [0.717, 1.165) is 15.6 Å². The minimum absolute atomic E-state index is 0.0513. The van der Waals surface area contributed by atoms with Gasteiger partial charge in [0.25, 0.3) is 0 Å². The minimum Gasteiger partial charge on any atom is -0.489 e. The Balaban J connectivity index is 2.10. The molecule has 2 aromatic rings. The fourth-order valence-electron chi connectivity index (χ4n) is 1.60. The molecule has 2 rings (SSSR count). The van der Waals surface area contributed by atoms with Crippen molar-refractivity contribution in [1.82, 2.24) is 0 Å². The highest BCUT2D eigenvalue weighted by Crippen LogP contribution is 2.24. The molecule has 0 amide bonds. The van der Waals surface area contributed by atoms with Gasteiger partial charge in [-0.2, -0.15) is 0 Å². The topological polar surface area (TPSA) is 29.5 Å². The second-order valence-electron chi connectivity index (χ2n) is 3.83. The van der Waals surface area contributed by atoms with Crippen LogP contribution >= 0.6 is 27.5 Å². The van der Waals surface area contributed by atoms with Crippen molar-refractivity contribution in [2.45, 2.75) is 13.2 Å². The van der Waals surface area contributed by atoms with Gasteiger partial charge in [-0.15, -0.1) is 0 Å². The smallest absolute Gasteiger partial charge is 0.125 e. The summed E-state index contributed by atoms with van der Waals surface area (Å²) in [4.78, 5) is 0. The highest BCUT2D eigenvalue weighted by Gasteiger charge is 2.04. The van der Waals surface area contributed by atoms with E-state index in [9.17, 15) is 5.11 Å². The number of rotatable bonds is 4. The summed E-state index contributed by atoms with van der Waals surface area (Å²) in [5.41, 5.74) is 1.75. The largest absolute Gasteiger partial charge is 0.489 e. The zero-order valence-corrected chi connectivity index (χ0v) is 11.9. The van der Waals surface area contributed by atoms with Crippen LogP contribution in [0.25, 0.3) is 0 Å². The normalized spacial score (nSPS) is 10.4. The first-order valence-corrected chi connectivity index (χ1v) is 6.62. The molecule has 2 aromatic carbocycles. The van der Waals surface area contributed by atoms with Crippen LogP contribution < -0.4 is 4.74 Å². The first-order valence-electron chi connectivity index (χ1n) is 5.45. The molecule has 0 aliphatic heterocycles. The third-order valence-electron chi connectivity index (χ3n) is 2.48. The molecule has 0 fully saturated rings. The fraction of sp³-hybridized carbons (Fsp3) is 0.143. The van der Waals surface area contributed by atoms with E-state index in [1.165, 1.54) is 0 Å². The highest BCUT2D eigenvalue weighted by molar-refractivity contribution is 9.10. The summed E-state index contributed by atoms with van der Waals surface area (Å²) >= 11 is 9.26. The van der Waals surface area contributed by atoms with E-state index >= 15 is 0 Å². The van der Waals surface area contributed by atoms with E-state index in [-0.39, 0.29) is 6.61 Å². The molecule has 0 spiro atoms. The summed E-state index contributed by atoms with van der Waals surface area (Å²) in [6, 6.07) is 13.1. The van der Waals surface area contributed by atoms with Gasteiger partial charge in [0.2, 0.25) is 0 Å². The monoisotopic (exact) mass is 326 g/mol. The lowest BCUT2D eigenvalue weighted by Crippen LogP contribution is -1.98. The minimum atomic E-state index is -0.0513. The predicted octanol–water partition coefficient (Wildman–Crippen LogP) is 4.17. The lowest BCUT2D eigenvalue weighted by atomic mass is 10.2. The van der Waals surface area contributed by atoms with E-state index in [1.807, 2.05) is 42.5 Å². The van der Waals surface area contributed by atoms with Gasteiger partial charge in [0.1, 0.15) is 12.4 Å². The van der Waals surface area contributed by atoms with Crippen LogP contribution in [0.3, 0.4) is 0 Å². The molecule has 0 aliphatic carbocycles. The second kappa shape index (κ2) is 6.23. The van der Waals surface area contributed by atoms with E-state index in [4.69, 9.17) is 16.3 Å². The Morgan fingerprint density at radius 1 is 1.17 bits per heavy atom. The third kappa shape index (κ3) is 3.48. The molecule has 1 N–H and O–H groups in total. The zero-order chi connectivity index (χ0) is 13.0. The van der Waals surface area contributed by atoms with Crippen molar-refractivity contribution in [3.8, 4) is 5.75 Å². The molecule has 4 heteroatoms. The maximum Gasteiger partial charge on any atom is 0.125 e. The Hall–Kier alpha value is -1.03. The second-order valence-corrected chi connectivity index (χ2v) is 5.18. The van der Waals surface area contributed by atoms with Crippen molar-refractivity contribution < 1.29 is 9.84 Å². The van der Waals surface area contributed by atoms with Gasteiger partial charge in [0.05, 0.1) is 6.61 Å². The van der Waals surface area contributed by atoms with Crippen molar-refractivity contribution >= 4 is 27.5 Å². The number of benzene rings is 2. The molecule has 0 saturated carbocycles. The maximum atomic E-state index is 9.26. The molecule has 0 atom stereocenters.